The molecule has 0 atom stereocenters. The highest BCUT2D eigenvalue weighted by Gasteiger charge is 2.42. The van der Waals surface area contributed by atoms with Crippen molar-refractivity contribution >= 4 is 0 Å². The van der Waals surface area contributed by atoms with E-state index in [4.69, 9.17) is 4.98 Å². The van der Waals surface area contributed by atoms with E-state index in [9.17, 15) is 5.26 Å². The molecule has 2 fully saturated rings. The molecule has 2 aliphatic carbocycles. The molecule has 3 heteroatoms. The zero-order valence-corrected chi connectivity index (χ0v) is 10.7. The monoisotopic (exact) mass is 241 g/mol. The predicted octanol–water partition coefficient (Wildman–Crippen LogP) is 3.47. The van der Waals surface area contributed by atoms with Gasteiger partial charge in [-0.05, 0) is 38.2 Å². The van der Waals surface area contributed by atoms with Crippen molar-refractivity contribution in [2.75, 3.05) is 0 Å². The SMILES string of the molecule is N#CC1(c2nccc(C3CCCCC3)n2)CCC1. The van der Waals surface area contributed by atoms with E-state index in [2.05, 4.69) is 11.1 Å². The van der Waals surface area contributed by atoms with E-state index in [0.717, 1.165) is 25.1 Å². The molecule has 3 rings (SSSR count). The van der Waals surface area contributed by atoms with Gasteiger partial charge in [-0.3, -0.25) is 0 Å². The standard InChI is InChI=1S/C15H19N3/c16-11-15(8-4-9-15)14-17-10-7-13(18-14)12-5-2-1-3-6-12/h7,10,12H,1-6,8-9H2. The number of rotatable bonds is 2. The van der Waals surface area contributed by atoms with Gasteiger partial charge >= 0.3 is 0 Å². The Morgan fingerprint density at radius 3 is 2.56 bits per heavy atom. The summed E-state index contributed by atoms with van der Waals surface area (Å²) in [7, 11) is 0. The maximum Gasteiger partial charge on any atom is 0.148 e. The lowest BCUT2D eigenvalue weighted by molar-refractivity contribution is 0.305. The minimum atomic E-state index is -0.370. The predicted molar refractivity (Wildman–Crippen MR) is 69.0 cm³/mol. The summed E-state index contributed by atoms with van der Waals surface area (Å²) >= 11 is 0. The van der Waals surface area contributed by atoms with Crippen LogP contribution in [-0.2, 0) is 5.41 Å². The Morgan fingerprint density at radius 2 is 1.94 bits per heavy atom. The first-order valence-corrected chi connectivity index (χ1v) is 7.09. The van der Waals surface area contributed by atoms with Crippen molar-refractivity contribution < 1.29 is 0 Å². The molecule has 1 heterocycles. The second-order valence-corrected chi connectivity index (χ2v) is 5.69. The Hall–Kier alpha value is -1.43. The third-order valence-corrected chi connectivity index (χ3v) is 4.55. The first kappa shape index (κ1) is 11.6. The second-order valence-electron chi connectivity index (χ2n) is 5.69. The Labute approximate surface area is 108 Å². The van der Waals surface area contributed by atoms with Gasteiger partial charge in [-0.1, -0.05) is 19.3 Å². The zero-order valence-electron chi connectivity index (χ0n) is 10.7. The van der Waals surface area contributed by atoms with Gasteiger partial charge in [-0.25, -0.2) is 9.97 Å². The van der Waals surface area contributed by atoms with E-state index in [-0.39, 0.29) is 5.41 Å². The molecule has 1 aromatic heterocycles. The van der Waals surface area contributed by atoms with Gasteiger partial charge in [0, 0.05) is 17.8 Å². The summed E-state index contributed by atoms with van der Waals surface area (Å²) in [6, 6.07) is 4.48. The molecule has 0 spiro atoms. The summed E-state index contributed by atoms with van der Waals surface area (Å²) in [4.78, 5) is 9.09. The molecule has 0 saturated heterocycles. The van der Waals surface area contributed by atoms with Crippen molar-refractivity contribution in [3.8, 4) is 6.07 Å². The second kappa shape index (κ2) is 4.68. The van der Waals surface area contributed by atoms with Crippen LogP contribution in [0.3, 0.4) is 0 Å². The number of hydrogen-bond donors (Lipinski definition) is 0. The van der Waals surface area contributed by atoms with Crippen LogP contribution < -0.4 is 0 Å². The minimum Gasteiger partial charge on any atom is -0.240 e. The molecule has 0 unspecified atom stereocenters. The molecule has 0 radical (unpaired) electrons. The first-order chi connectivity index (χ1) is 8.84. The van der Waals surface area contributed by atoms with Gasteiger partial charge in [-0.2, -0.15) is 5.26 Å². The molecular weight excluding hydrogens is 222 g/mol. The van der Waals surface area contributed by atoms with Crippen LogP contribution in [0.15, 0.2) is 12.3 Å². The van der Waals surface area contributed by atoms with Crippen LogP contribution >= 0.6 is 0 Å². The van der Waals surface area contributed by atoms with Gasteiger partial charge in [0.2, 0.25) is 0 Å². The third-order valence-electron chi connectivity index (χ3n) is 4.55. The molecular formula is C15H19N3. The summed E-state index contributed by atoms with van der Waals surface area (Å²) in [6.07, 6.45) is 11.3. The van der Waals surface area contributed by atoms with Crippen LogP contribution in [0.25, 0.3) is 0 Å². The highest BCUT2D eigenvalue weighted by Crippen LogP contribution is 2.42. The van der Waals surface area contributed by atoms with Gasteiger partial charge in [0.15, 0.2) is 0 Å². The minimum absolute atomic E-state index is 0.370. The van der Waals surface area contributed by atoms with E-state index in [1.54, 1.807) is 0 Å². The lowest BCUT2D eigenvalue weighted by Crippen LogP contribution is -2.34. The van der Waals surface area contributed by atoms with E-state index in [0.29, 0.717) is 5.92 Å². The fourth-order valence-electron chi connectivity index (χ4n) is 3.14. The molecule has 0 bridgehead atoms. The highest BCUT2D eigenvalue weighted by atomic mass is 14.9. The maximum absolute atomic E-state index is 9.36. The van der Waals surface area contributed by atoms with Crippen molar-refractivity contribution in [3.63, 3.8) is 0 Å². The summed E-state index contributed by atoms with van der Waals surface area (Å²) in [5, 5.41) is 9.36. The van der Waals surface area contributed by atoms with Crippen molar-refractivity contribution in [2.24, 2.45) is 0 Å². The van der Waals surface area contributed by atoms with Gasteiger partial charge < -0.3 is 0 Å². The van der Waals surface area contributed by atoms with E-state index in [1.165, 1.54) is 37.8 Å². The van der Waals surface area contributed by atoms with Gasteiger partial charge in [0.1, 0.15) is 11.2 Å². The normalized spacial score (nSPS) is 23.1. The van der Waals surface area contributed by atoms with Crippen LogP contribution in [0.4, 0.5) is 0 Å². The number of nitriles is 1. The molecule has 94 valence electrons. The Bertz CT molecular complexity index is 465. The molecule has 2 aliphatic rings. The van der Waals surface area contributed by atoms with Crippen molar-refractivity contribution in [2.45, 2.75) is 62.7 Å². The maximum atomic E-state index is 9.36. The van der Waals surface area contributed by atoms with Gasteiger partial charge in [0.25, 0.3) is 0 Å². The fourth-order valence-corrected chi connectivity index (χ4v) is 3.14. The highest BCUT2D eigenvalue weighted by molar-refractivity contribution is 5.26. The Balaban J connectivity index is 1.87. The van der Waals surface area contributed by atoms with Gasteiger partial charge in [-0.15, -0.1) is 0 Å². The van der Waals surface area contributed by atoms with E-state index >= 15 is 0 Å². The molecule has 1 aromatic rings. The molecule has 2 saturated carbocycles. The quantitative estimate of drug-likeness (QED) is 0.796. The smallest absolute Gasteiger partial charge is 0.148 e. The van der Waals surface area contributed by atoms with E-state index < -0.39 is 0 Å². The first-order valence-electron chi connectivity index (χ1n) is 7.09. The molecule has 0 aromatic carbocycles. The molecule has 18 heavy (non-hydrogen) atoms. The Kier molecular flexibility index (Phi) is 3.03. The van der Waals surface area contributed by atoms with Gasteiger partial charge in [0.05, 0.1) is 6.07 Å². The summed E-state index contributed by atoms with van der Waals surface area (Å²) in [6.45, 7) is 0. The number of aromatic nitrogens is 2. The topological polar surface area (TPSA) is 49.6 Å². The van der Waals surface area contributed by atoms with E-state index in [1.807, 2.05) is 12.3 Å². The lowest BCUT2D eigenvalue weighted by atomic mass is 9.69. The average Bonchev–Trinajstić information content (AvgIpc) is 2.40. The average molecular weight is 241 g/mol. The molecule has 0 amide bonds. The summed E-state index contributed by atoms with van der Waals surface area (Å²) < 4.78 is 0. The third kappa shape index (κ3) is 1.90. The lowest BCUT2D eigenvalue weighted by Gasteiger charge is -2.34. The molecule has 3 nitrogen and oxygen atoms in total. The van der Waals surface area contributed by atoms with Crippen LogP contribution in [0.1, 0.15) is 68.8 Å². The Morgan fingerprint density at radius 1 is 1.17 bits per heavy atom. The largest absolute Gasteiger partial charge is 0.240 e. The van der Waals surface area contributed by atoms with Crippen molar-refractivity contribution in [1.82, 2.24) is 9.97 Å². The van der Waals surface area contributed by atoms with Crippen LogP contribution in [0.5, 0.6) is 0 Å². The molecule has 0 aliphatic heterocycles. The van der Waals surface area contributed by atoms with Crippen molar-refractivity contribution in [1.29, 1.82) is 5.26 Å². The molecule has 0 N–H and O–H groups in total. The fraction of sp³-hybridized carbons (Fsp3) is 0.667. The number of hydrogen-bond acceptors (Lipinski definition) is 3. The zero-order chi connectivity index (χ0) is 12.4. The van der Waals surface area contributed by atoms with Crippen LogP contribution in [0.2, 0.25) is 0 Å². The summed E-state index contributed by atoms with van der Waals surface area (Å²) in [5.74, 6) is 1.37. The van der Waals surface area contributed by atoms with Crippen molar-refractivity contribution in [3.05, 3.63) is 23.8 Å². The number of nitrogens with zero attached hydrogens (tertiary/aromatic N) is 3. The summed E-state index contributed by atoms with van der Waals surface area (Å²) in [5.41, 5.74) is 0.797. The van der Waals surface area contributed by atoms with Crippen LogP contribution in [-0.4, -0.2) is 9.97 Å². The van der Waals surface area contributed by atoms with Crippen LogP contribution in [0, 0.1) is 11.3 Å².